The summed E-state index contributed by atoms with van der Waals surface area (Å²) < 4.78 is 36.6. The highest BCUT2D eigenvalue weighted by Gasteiger charge is 2.21. The minimum absolute atomic E-state index is 0.313. The van der Waals surface area contributed by atoms with Crippen molar-refractivity contribution in [3.05, 3.63) is 59.7 Å². The van der Waals surface area contributed by atoms with Crippen LogP contribution in [-0.4, -0.2) is 24.6 Å². The summed E-state index contributed by atoms with van der Waals surface area (Å²) in [4.78, 5) is 24.1. The van der Waals surface area contributed by atoms with Gasteiger partial charge in [0.15, 0.2) is 6.10 Å². The van der Waals surface area contributed by atoms with E-state index in [9.17, 15) is 18.4 Å². The highest BCUT2D eigenvalue weighted by Crippen LogP contribution is 2.24. The van der Waals surface area contributed by atoms with Crippen molar-refractivity contribution in [1.82, 2.24) is 0 Å². The van der Waals surface area contributed by atoms with Gasteiger partial charge >= 0.3 is 5.97 Å². The Morgan fingerprint density at radius 1 is 1.12 bits per heavy atom. The standard InChI is InChI=1S/C18H17F2NO4/c1-3-24-16-7-5-4-6-15(16)21-17(22)11(2)25-18(23)12-8-13(19)10-14(20)9-12/h4-11H,3H2,1-2H3,(H,21,22)/t11-/m1/s1. The Kier molecular flexibility index (Phi) is 6.05. The highest BCUT2D eigenvalue weighted by atomic mass is 19.1. The lowest BCUT2D eigenvalue weighted by Crippen LogP contribution is -2.30. The second-order valence-corrected chi connectivity index (χ2v) is 5.12. The van der Waals surface area contributed by atoms with Crippen LogP contribution in [0.1, 0.15) is 24.2 Å². The maximum absolute atomic E-state index is 13.1. The molecule has 25 heavy (non-hydrogen) atoms. The van der Waals surface area contributed by atoms with Crippen LogP contribution in [0.4, 0.5) is 14.5 Å². The van der Waals surface area contributed by atoms with Gasteiger partial charge in [-0.25, -0.2) is 13.6 Å². The lowest BCUT2D eigenvalue weighted by molar-refractivity contribution is -0.123. The molecular weight excluding hydrogens is 332 g/mol. The quantitative estimate of drug-likeness (QED) is 0.810. The molecule has 132 valence electrons. The molecule has 0 bridgehead atoms. The molecule has 0 aromatic heterocycles. The van der Waals surface area contributed by atoms with Crippen LogP contribution in [0, 0.1) is 11.6 Å². The van der Waals surface area contributed by atoms with Crippen LogP contribution >= 0.6 is 0 Å². The number of ether oxygens (including phenoxy) is 2. The molecule has 2 rings (SSSR count). The number of halogens is 2. The van der Waals surface area contributed by atoms with Crippen molar-refractivity contribution >= 4 is 17.6 Å². The highest BCUT2D eigenvalue weighted by molar-refractivity contribution is 5.98. The van der Waals surface area contributed by atoms with Gasteiger partial charge in [0.25, 0.3) is 5.91 Å². The third kappa shape index (κ3) is 5.00. The normalized spacial score (nSPS) is 11.5. The number of para-hydroxylation sites is 2. The average molecular weight is 349 g/mol. The molecule has 0 aliphatic rings. The maximum atomic E-state index is 13.1. The van der Waals surface area contributed by atoms with Crippen LogP contribution in [-0.2, 0) is 9.53 Å². The lowest BCUT2D eigenvalue weighted by Gasteiger charge is -2.15. The first-order valence-electron chi connectivity index (χ1n) is 7.60. The van der Waals surface area contributed by atoms with Crippen molar-refractivity contribution in [3.8, 4) is 5.75 Å². The van der Waals surface area contributed by atoms with Crippen molar-refractivity contribution in [2.24, 2.45) is 0 Å². The number of rotatable bonds is 6. The Labute approximate surface area is 143 Å². The number of amides is 1. The molecule has 5 nitrogen and oxygen atoms in total. The van der Waals surface area contributed by atoms with Crippen molar-refractivity contribution in [3.63, 3.8) is 0 Å². The molecule has 1 atom stereocenters. The van der Waals surface area contributed by atoms with Crippen LogP contribution in [0.3, 0.4) is 0 Å². The molecule has 0 saturated heterocycles. The molecule has 0 saturated carbocycles. The summed E-state index contributed by atoms with van der Waals surface area (Å²) >= 11 is 0. The fraction of sp³-hybridized carbons (Fsp3) is 0.222. The van der Waals surface area contributed by atoms with Crippen LogP contribution in [0.25, 0.3) is 0 Å². The zero-order valence-electron chi connectivity index (χ0n) is 13.7. The van der Waals surface area contributed by atoms with E-state index in [4.69, 9.17) is 9.47 Å². The van der Waals surface area contributed by atoms with E-state index in [0.29, 0.717) is 24.1 Å². The molecular formula is C18H17F2NO4. The number of esters is 1. The van der Waals surface area contributed by atoms with E-state index < -0.39 is 29.6 Å². The Morgan fingerprint density at radius 3 is 2.40 bits per heavy atom. The summed E-state index contributed by atoms with van der Waals surface area (Å²) in [6.45, 7) is 3.58. The lowest BCUT2D eigenvalue weighted by atomic mass is 10.2. The smallest absolute Gasteiger partial charge is 0.339 e. The van der Waals surface area contributed by atoms with E-state index in [1.807, 2.05) is 0 Å². The summed E-state index contributed by atoms with van der Waals surface area (Å²) in [6.07, 6.45) is -1.17. The minimum Gasteiger partial charge on any atom is -0.492 e. The minimum atomic E-state index is -1.17. The van der Waals surface area contributed by atoms with Gasteiger partial charge in [0.05, 0.1) is 17.9 Å². The molecule has 7 heteroatoms. The molecule has 0 radical (unpaired) electrons. The molecule has 1 N–H and O–H groups in total. The van der Waals surface area contributed by atoms with Crippen molar-refractivity contribution in [2.45, 2.75) is 20.0 Å². The van der Waals surface area contributed by atoms with Gasteiger partial charge in [-0.15, -0.1) is 0 Å². The summed E-state index contributed by atoms with van der Waals surface area (Å²) in [7, 11) is 0. The Bertz CT molecular complexity index is 759. The molecule has 0 heterocycles. The Balaban J connectivity index is 2.04. The zero-order valence-corrected chi connectivity index (χ0v) is 13.7. The van der Waals surface area contributed by atoms with Crippen molar-refractivity contribution < 1.29 is 27.8 Å². The number of hydrogen-bond donors (Lipinski definition) is 1. The van der Waals surface area contributed by atoms with Crippen LogP contribution < -0.4 is 10.1 Å². The second kappa shape index (κ2) is 8.23. The molecule has 0 aliphatic carbocycles. The molecule has 0 unspecified atom stereocenters. The van der Waals surface area contributed by atoms with Crippen molar-refractivity contribution in [2.75, 3.05) is 11.9 Å². The van der Waals surface area contributed by atoms with Gasteiger partial charge in [0.2, 0.25) is 0 Å². The largest absolute Gasteiger partial charge is 0.492 e. The third-order valence-electron chi connectivity index (χ3n) is 3.20. The van der Waals surface area contributed by atoms with Gasteiger partial charge in [0, 0.05) is 6.07 Å². The summed E-state index contributed by atoms with van der Waals surface area (Å²) in [6, 6.07) is 9.09. The predicted molar refractivity (Wildman–Crippen MR) is 87.5 cm³/mol. The average Bonchev–Trinajstić information content (AvgIpc) is 2.55. The van der Waals surface area contributed by atoms with Gasteiger partial charge in [-0.1, -0.05) is 12.1 Å². The fourth-order valence-corrected chi connectivity index (χ4v) is 2.04. The predicted octanol–water partition coefficient (Wildman–Crippen LogP) is 3.55. The summed E-state index contributed by atoms with van der Waals surface area (Å²) in [5, 5.41) is 2.59. The SMILES string of the molecule is CCOc1ccccc1NC(=O)[C@@H](C)OC(=O)c1cc(F)cc(F)c1. The van der Waals surface area contributed by atoms with Gasteiger partial charge in [-0.2, -0.15) is 0 Å². The van der Waals surface area contributed by atoms with Crippen LogP contribution in [0.5, 0.6) is 5.75 Å². The fourth-order valence-electron chi connectivity index (χ4n) is 2.04. The number of benzene rings is 2. The topological polar surface area (TPSA) is 64.6 Å². The molecule has 1 amide bonds. The summed E-state index contributed by atoms with van der Waals surface area (Å²) in [5.74, 6) is -2.94. The number of hydrogen-bond acceptors (Lipinski definition) is 4. The van der Waals surface area contributed by atoms with Crippen LogP contribution in [0.2, 0.25) is 0 Å². The number of anilines is 1. The van der Waals surface area contributed by atoms with Crippen molar-refractivity contribution in [1.29, 1.82) is 0 Å². The van der Waals surface area contributed by atoms with Gasteiger partial charge < -0.3 is 14.8 Å². The van der Waals surface area contributed by atoms with E-state index in [0.717, 1.165) is 12.1 Å². The van der Waals surface area contributed by atoms with E-state index >= 15 is 0 Å². The zero-order chi connectivity index (χ0) is 18.4. The van der Waals surface area contributed by atoms with Gasteiger partial charge in [-0.05, 0) is 38.1 Å². The molecule has 0 aliphatic heterocycles. The van der Waals surface area contributed by atoms with E-state index in [2.05, 4.69) is 5.32 Å². The molecule has 2 aromatic rings. The van der Waals surface area contributed by atoms with Gasteiger partial charge in [-0.3, -0.25) is 4.79 Å². The van der Waals surface area contributed by atoms with Gasteiger partial charge in [0.1, 0.15) is 17.4 Å². The van der Waals surface area contributed by atoms with E-state index in [1.54, 1.807) is 31.2 Å². The first kappa shape index (κ1) is 18.4. The second-order valence-electron chi connectivity index (χ2n) is 5.12. The first-order chi connectivity index (χ1) is 11.9. The van der Waals surface area contributed by atoms with E-state index in [-0.39, 0.29) is 5.56 Å². The molecule has 0 fully saturated rings. The number of nitrogens with one attached hydrogen (secondary N) is 1. The molecule has 0 spiro atoms. The Morgan fingerprint density at radius 2 is 1.76 bits per heavy atom. The molecule has 2 aromatic carbocycles. The first-order valence-corrected chi connectivity index (χ1v) is 7.60. The van der Waals surface area contributed by atoms with E-state index in [1.165, 1.54) is 6.92 Å². The van der Waals surface area contributed by atoms with Crippen LogP contribution in [0.15, 0.2) is 42.5 Å². The Hall–Kier alpha value is -2.96. The summed E-state index contributed by atoms with van der Waals surface area (Å²) in [5.41, 5.74) is 0.112. The number of carbonyl (C=O) groups is 2. The number of carbonyl (C=O) groups excluding carboxylic acids is 2. The monoisotopic (exact) mass is 349 g/mol. The third-order valence-corrected chi connectivity index (χ3v) is 3.20. The maximum Gasteiger partial charge on any atom is 0.339 e.